The Morgan fingerprint density at radius 1 is 0.690 bits per heavy atom. The number of amides is 3. The van der Waals surface area contributed by atoms with Gasteiger partial charge in [-0.15, -0.1) is 4.99 Å². The number of hydrogen-bond acceptors (Lipinski definition) is 13. The van der Waals surface area contributed by atoms with Crippen LogP contribution in [-0.4, -0.2) is 93.1 Å². The zero-order valence-corrected chi connectivity index (χ0v) is 35.0. The van der Waals surface area contributed by atoms with Gasteiger partial charge in [0.1, 0.15) is 47.3 Å². The first-order valence-electron chi connectivity index (χ1n) is 18.1. The maximum atomic E-state index is 13.2. The van der Waals surface area contributed by atoms with Crippen molar-refractivity contribution < 1.29 is 67.1 Å². The minimum Gasteiger partial charge on any atom is -0.480 e. The third-order valence-corrected chi connectivity index (χ3v) is 6.49. The van der Waals surface area contributed by atoms with Gasteiger partial charge in [0.25, 0.3) is 0 Å². The van der Waals surface area contributed by atoms with Gasteiger partial charge in [0, 0.05) is 5.69 Å². The van der Waals surface area contributed by atoms with E-state index in [1.54, 1.807) is 83.1 Å². The molecule has 58 heavy (non-hydrogen) atoms. The first-order valence-corrected chi connectivity index (χ1v) is 18.1. The molecule has 0 bridgehead atoms. The van der Waals surface area contributed by atoms with Gasteiger partial charge in [-0.3, -0.25) is 19.8 Å². The van der Waals surface area contributed by atoms with E-state index >= 15 is 0 Å². The molecule has 3 amide bonds. The van der Waals surface area contributed by atoms with Crippen molar-refractivity contribution in [2.24, 2.45) is 4.99 Å². The van der Waals surface area contributed by atoms with E-state index in [0.717, 1.165) is 0 Å². The second-order valence-electron chi connectivity index (χ2n) is 16.7. The number of alkyl carbamates (subject to hydrolysis) is 1. The molecule has 0 aromatic heterocycles. The number of carbonyl (C=O) groups excluding carboxylic acids is 6. The van der Waals surface area contributed by atoms with Crippen LogP contribution in [0.25, 0.3) is 0 Å². The second-order valence-corrected chi connectivity index (χ2v) is 16.7. The highest BCUT2D eigenvalue weighted by Gasteiger charge is 2.37. The van der Waals surface area contributed by atoms with Crippen LogP contribution in [0.15, 0.2) is 53.5 Å². The molecule has 2 rings (SSSR count). The van der Waals surface area contributed by atoms with Gasteiger partial charge in [-0.25, -0.2) is 24.0 Å². The number of ether oxygens (including phenoxy) is 6. The van der Waals surface area contributed by atoms with Crippen molar-refractivity contribution in [2.45, 2.75) is 125 Å². The molecule has 0 aliphatic carbocycles. The summed E-state index contributed by atoms with van der Waals surface area (Å²) < 4.78 is 31.7. The van der Waals surface area contributed by atoms with Crippen molar-refractivity contribution in [1.82, 2.24) is 10.2 Å². The molecular formula is C40H54N4O14. The van der Waals surface area contributed by atoms with E-state index in [1.165, 1.54) is 48.5 Å². The lowest BCUT2D eigenvalue weighted by atomic mass is 10.1. The van der Waals surface area contributed by atoms with Gasteiger partial charge in [0.2, 0.25) is 5.96 Å². The summed E-state index contributed by atoms with van der Waals surface area (Å²) in [4.78, 5) is 92.7. The molecule has 0 spiro atoms. The van der Waals surface area contributed by atoms with Crippen molar-refractivity contribution in [1.29, 1.82) is 0 Å². The summed E-state index contributed by atoms with van der Waals surface area (Å²) in [6, 6.07) is 9.82. The number of benzene rings is 2. The summed E-state index contributed by atoms with van der Waals surface area (Å²) in [6.07, 6.45) is -3.83. The number of carboxylic acids is 1. The van der Waals surface area contributed by atoms with Crippen LogP contribution in [-0.2, 0) is 44.7 Å². The number of esters is 3. The number of nitrogens with zero attached hydrogens (tertiary/aromatic N) is 2. The molecule has 1 unspecified atom stereocenters. The normalized spacial score (nSPS) is 12.6. The van der Waals surface area contributed by atoms with E-state index < -0.39 is 83.6 Å². The minimum atomic E-state index is -1.82. The molecule has 0 fully saturated rings. The van der Waals surface area contributed by atoms with Gasteiger partial charge in [-0.05, 0) is 125 Å². The number of hydrogen-bond donors (Lipinski definition) is 3. The highest BCUT2D eigenvalue weighted by molar-refractivity contribution is 6.06. The summed E-state index contributed by atoms with van der Waals surface area (Å²) in [5.74, 6) is -4.30. The third-order valence-electron chi connectivity index (χ3n) is 6.49. The predicted octanol–water partition coefficient (Wildman–Crippen LogP) is 6.60. The number of guanidine groups is 1. The van der Waals surface area contributed by atoms with Crippen LogP contribution in [0, 0.1) is 0 Å². The first-order chi connectivity index (χ1) is 26.5. The van der Waals surface area contributed by atoms with E-state index in [0.29, 0.717) is 16.2 Å². The summed E-state index contributed by atoms with van der Waals surface area (Å²) in [7, 11) is 0. The van der Waals surface area contributed by atoms with Crippen LogP contribution < -0.4 is 15.4 Å². The molecule has 318 valence electrons. The number of aliphatic carboxylic acids is 1. The zero-order valence-electron chi connectivity index (χ0n) is 35.0. The predicted molar refractivity (Wildman–Crippen MR) is 209 cm³/mol. The summed E-state index contributed by atoms with van der Waals surface area (Å²) in [6.45, 7) is 18.3. The zero-order chi connectivity index (χ0) is 44.2. The molecule has 0 saturated heterocycles. The molecule has 0 aliphatic heterocycles. The van der Waals surface area contributed by atoms with Gasteiger partial charge in [0.05, 0.1) is 12.0 Å². The molecule has 3 N–H and O–H groups in total. The van der Waals surface area contributed by atoms with Gasteiger partial charge in [-0.2, -0.15) is 0 Å². The molecule has 0 radical (unpaired) electrons. The second kappa shape index (κ2) is 19.8. The van der Waals surface area contributed by atoms with Gasteiger partial charge in [-0.1, -0.05) is 12.1 Å². The van der Waals surface area contributed by atoms with Gasteiger partial charge >= 0.3 is 42.2 Å². The summed E-state index contributed by atoms with van der Waals surface area (Å²) in [5.41, 5.74) is -2.69. The van der Waals surface area contributed by atoms with Crippen LogP contribution in [0.4, 0.5) is 20.1 Å². The third kappa shape index (κ3) is 19.1. The monoisotopic (exact) mass is 814 g/mol. The van der Waals surface area contributed by atoms with E-state index in [1.807, 2.05) is 0 Å². The quantitative estimate of drug-likeness (QED) is 0.0713. The standard InChI is InChI=1S/C40H54N4O14/c1-37(2,3)55-29(45)21-28(31(47)48)44(22-30(46)56-38(4,5)6)36(52)53-23-24-13-19-27(20-14-24)54-32(49)25-15-17-26(18-16-25)41-33(42-34(50)57-39(7,8)9)43-35(51)58-40(10,11)12/h13-20,28H,21-23H2,1-12H3,(H,47,48)(H2,41,42,43,50,51). The maximum Gasteiger partial charge on any atom is 0.437 e. The molecule has 2 aromatic carbocycles. The van der Waals surface area contributed by atoms with E-state index in [-0.39, 0.29) is 23.9 Å². The Balaban J connectivity index is 2.15. The lowest BCUT2D eigenvalue weighted by Gasteiger charge is -2.29. The van der Waals surface area contributed by atoms with Gasteiger partial charge < -0.3 is 38.8 Å². The van der Waals surface area contributed by atoms with Crippen molar-refractivity contribution >= 4 is 53.8 Å². The lowest BCUT2D eigenvalue weighted by molar-refractivity contribution is -0.163. The summed E-state index contributed by atoms with van der Waals surface area (Å²) in [5, 5.41) is 15.1. The Labute approximate surface area is 337 Å². The Kier molecular flexibility index (Phi) is 16.4. The number of aliphatic imine (C=N–C) groups is 1. The number of nitrogens with one attached hydrogen (secondary N) is 2. The van der Waals surface area contributed by atoms with Crippen molar-refractivity contribution in [3.8, 4) is 5.75 Å². The Morgan fingerprint density at radius 2 is 1.21 bits per heavy atom. The van der Waals surface area contributed by atoms with Gasteiger partial charge in [0.15, 0.2) is 0 Å². The number of anilines is 1. The topological polar surface area (TPSA) is 235 Å². The highest BCUT2D eigenvalue weighted by atomic mass is 16.6. The van der Waals surface area contributed by atoms with Crippen LogP contribution in [0.2, 0.25) is 0 Å². The van der Waals surface area contributed by atoms with E-state index in [2.05, 4.69) is 15.6 Å². The van der Waals surface area contributed by atoms with Crippen LogP contribution in [0.5, 0.6) is 5.75 Å². The lowest BCUT2D eigenvalue weighted by Crippen LogP contribution is -2.50. The fraction of sp³-hybridized carbons (Fsp3) is 0.500. The van der Waals surface area contributed by atoms with Crippen molar-refractivity contribution in [3.63, 3.8) is 0 Å². The van der Waals surface area contributed by atoms with Crippen LogP contribution >= 0.6 is 0 Å². The van der Waals surface area contributed by atoms with Crippen molar-refractivity contribution in [3.05, 3.63) is 59.7 Å². The minimum absolute atomic E-state index is 0.130. The van der Waals surface area contributed by atoms with Crippen molar-refractivity contribution in [2.75, 3.05) is 11.9 Å². The first kappa shape index (κ1) is 48.0. The number of rotatable bonds is 11. The smallest absolute Gasteiger partial charge is 0.437 e. The largest absolute Gasteiger partial charge is 0.480 e. The molecule has 2 aromatic rings. The molecule has 0 heterocycles. The molecule has 18 heteroatoms. The maximum absolute atomic E-state index is 13.2. The molecule has 0 saturated carbocycles. The highest BCUT2D eigenvalue weighted by Crippen LogP contribution is 2.19. The molecule has 1 atom stereocenters. The number of carboxylic acid groups (broad SMARTS) is 1. The van der Waals surface area contributed by atoms with E-state index in [9.17, 15) is 38.7 Å². The molecular weight excluding hydrogens is 760 g/mol. The molecule has 18 nitrogen and oxygen atoms in total. The van der Waals surface area contributed by atoms with Crippen LogP contribution in [0.1, 0.15) is 105 Å². The SMILES string of the molecule is CC(C)(C)OC(=O)CC(C(=O)O)N(CC(=O)OC(C)(C)C)C(=O)OCc1ccc(OC(=O)c2ccc(NC(=NC(=O)OC(C)(C)C)NC(=O)OC(C)(C)C)cc2)cc1. The fourth-order valence-corrected chi connectivity index (χ4v) is 4.42. The average Bonchev–Trinajstić information content (AvgIpc) is 3.02. The van der Waals surface area contributed by atoms with E-state index in [4.69, 9.17) is 28.4 Å². The molecule has 0 aliphatic rings. The Morgan fingerprint density at radius 3 is 1.71 bits per heavy atom. The number of carbonyl (C=O) groups is 7. The Hall–Kier alpha value is -6.20. The fourth-order valence-electron chi connectivity index (χ4n) is 4.42. The average molecular weight is 815 g/mol. The summed E-state index contributed by atoms with van der Waals surface area (Å²) >= 11 is 0. The Bertz CT molecular complexity index is 1830. The van der Waals surface area contributed by atoms with Crippen LogP contribution in [0.3, 0.4) is 0 Å².